The van der Waals surface area contributed by atoms with Gasteiger partial charge in [-0.2, -0.15) is 0 Å². The maximum atomic E-state index is 13.1. The largest absolute Gasteiger partial charge is 0.497 e. The highest BCUT2D eigenvalue weighted by Crippen LogP contribution is 2.18. The summed E-state index contributed by atoms with van der Waals surface area (Å²) in [4.78, 5) is 38.4. The monoisotopic (exact) mass is 486 g/mol. The van der Waals surface area contributed by atoms with Gasteiger partial charge in [0.25, 0.3) is 17.4 Å². The number of hydrogen-bond donors (Lipinski definition) is 2. The van der Waals surface area contributed by atoms with Gasteiger partial charge in [-0.15, -0.1) is 0 Å². The fourth-order valence-corrected chi connectivity index (χ4v) is 3.65. The summed E-state index contributed by atoms with van der Waals surface area (Å²) < 4.78 is 13.8. The fourth-order valence-electron chi connectivity index (χ4n) is 3.65. The SMILES string of the molecule is COc1ccc(OCC(=O)Nc2cccc(C(=O)Nc3c(C)n(C)n(-c4ccccc4)c3=O)c2)cc1. The Bertz CT molecular complexity index is 1440. The molecule has 0 aliphatic carbocycles. The molecule has 0 bridgehead atoms. The Hall–Kier alpha value is -4.79. The lowest BCUT2D eigenvalue weighted by molar-refractivity contribution is -0.118. The highest BCUT2D eigenvalue weighted by Gasteiger charge is 2.19. The molecule has 1 heterocycles. The van der Waals surface area contributed by atoms with E-state index in [4.69, 9.17) is 9.47 Å². The van der Waals surface area contributed by atoms with E-state index in [0.29, 0.717) is 28.6 Å². The Labute approximate surface area is 207 Å². The van der Waals surface area contributed by atoms with Crippen molar-refractivity contribution in [2.24, 2.45) is 7.05 Å². The summed E-state index contributed by atoms with van der Waals surface area (Å²) in [5, 5.41) is 5.43. The average Bonchev–Trinajstić information content (AvgIpc) is 3.11. The summed E-state index contributed by atoms with van der Waals surface area (Å²) in [5.74, 6) is 0.365. The number of amides is 2. The highest BCUT2D eigenvalue weighted by atomic mass is 16.5. The Kier molecular flexibility index (Phi) is 7.20. The lowest BCUT2D eigenvalue weighted by atomic mass is 10.2. The molecule has 36 heavy (non-hydrogen) atoms. The maximum Gasteiger partial charge on any atom is 0.295 e. The third kappa shape index (κ3) is 5.30. The van der Waals surface area contributed by atoms with E-state index in [0.717, 1.165) is 0 Å². The van der Waals surface area contributed by atoms with Gasteiger partial charge in [0, 0.05) is 18.3 Å². The molecular weight excluding hydrogens is 460 g/mol. The molecule has 0 radical (unpaired) electrons. The molecule has 0 unspecified atom stereocenters. The summed E-state index contributed by atoms with van der Waals surface area (Å²) in [6.07, 6.45) is 0. The normalized spacial score (nSPS) is 10.5. The summed E-state index contributed by atoms with van der Waals surface area (Å²) in [7, 11) is 3.32. The van der Waals surface area contributed by atoms with Crippen LogP contribution in [0.5, 0.6) is 11.5 Å². The molecule has 9 nitrogen and oxygen atoms in total. The summed E-state index contributed by atoms with van der Waals surface area (Å²) >= 11 is 0. The van der Waals surface area contributed by atoms with E-state index in [9.17, 15) is 14.4 Å². The van der Waals surface area contributed by atoms with E-state index in [1.807, 2.05) is 30.3 Å². The van der Waals surface area contributed by atoms with Crippen molar-refractivity contribution in [3.05, 3.63) is 100 Å². The molecule has 3 aromatic carbocycles. The van der Waals surface area contributed by atoms with Crippen molar-refractivity contribution in [3.8, 4) is 17.2 Å². The minimum atomic E-state index is -0.466. The lowest BCUT2D eigenvalue weighted by Crippen LogP contribution is -2.23. The first-order valence-corrected chi connectivity index (χ1v) is 11.2. The van der Waals surface area contributed by atoms with E-state index >= 15 is 0 Å². The van der Waals surface area contributed by atoms with Gasteiger partial charge >= 0.3 is 0 Å². The molecule has 2 amide bonds. The second kappa shape index (κ2) is 10.6. The molecule has 4 aromatic rings. The quantitative estimate of drug-likeness (QED) is 0.395. The molecule has 1 aromatic heterocycles. The second-order valence-electron chi connectivity index (χ2n) is 7.98. The Morgan fingerprint density at radius 2 is 1.58 bits per heavy atom. The zero-order valence-electron chi connectivity index (χ0n) is 20.1. The molecule has 0 spiro atoms. The van der Waals surface area contributed by atoms with Crippen LogP contribution in [0.4, 0.5) is 11.4 Å². The van der Waals surface area contributed by atoms with Crippen molar-refractivity contribution in [1.82, 2.24) is 9.36 Å². The Balaban J connectivity index is 1.43. The predicted molar refractivity (Wildman–Crippen MR) is 137 cm³/mol. The zero-order valence-corrected chi connectivity index (χ0v) is 20.1. The fraction of sp³-hybridized carbons (Fsp3) is 0.148. The number of aromatic nitrogens is 2. The van der Waals surface area contributed by atoms with E-state index < -0.39 is 5.91 Å². The first-order valence-electron chi connectivity index (χ1n) is 11.2. The standard InChI is InChI=1S/C27H26N4O5/c1-18-25(27(34)31(30(18)2)21-10-5-4-6-11-21)29-26(33)19-8-7-9-20(16-19)28-24(32)17-36-23-14-12-22(35-3)13-15-23/h4-16H,17H2,1-3H3,(H,28,32)(H,29,33). The van der Waals surface area contributed by atoms with Gasteiger partial charge in [-0.3, -0.25) is 19.1 Å². The van der Waals surface area contributed by atoms with Crippen molar-refractivity contribution >= 4 is 23.2 Å². The number of rotatable bonds is 8. The predicted octanol–water partition coefficient (Wildman–Crippen LogP) is 3.76. The average molecular weight is 487 g/mol. The molecule has 4 rings (SSSR count). The van der Waals surface area contributed by atoms with Crippen LogP contribution in [0.1, 0.15) is 16.1 Å². The van der Waals surface area contributed by atoms with E-state index in [-0.39, 0.29) is 29.3 Å². The van der Waals surface area contributed by atoms with Crippen molar-refractivity contribution in [1.29, 1.82) is 0 Å². The Morgan fingerprint density at radius 1 is 0.889 bits per heavy atom. The number of hydrogen-bond acceptors (Lipinski definition) is 5. The van der Waals surface area contributed by atoms with Crippen LogP contribution in [0.3, 0.4) is 0 Å². The third-order valence-corrected chi connectivity index (χ3v) is 5.63. The lowest BCUT2D eigenvalue weighted by Gasteiger charge is -2.09. The van der Waals surface area contributed by atoms with Crippen LogP contribution in [0.2, 0.25) is 0 Å². The van der Waals surface area contributed by atoms with Crippen molar-refractivity contribution in [2.75, 3.05) is 24.4 Å². The molecular formula is C27H26N4O5. The van der Waals surface area contributed by atoms with Gasteiger partial charge in [-0.05, 0) is 61.5 Å². The third-order valence-electron chi connectivity index (χ3n) is 5.63. The number of carbonyl (C=O) groups excluding carboxylic acids is 2. The number of benzene rings is 3. The van der Waals surface area contributed by atoms with Crippen LogP contribution in [0, 0.1) is 6.92 Å². The van der Waals surface area contributed by atoms with Crippen molar-refractivity contribution in [3.63, 3.8) is 0 Å². The second-order valence-corrected chi connectivity index (χ2v) is 7.98. The van der Waals surface area contributed by atoms with Crippen molar-refractivity contribution < 1.29 is 19.1 Å². The highest BCUT2D eigenvalue weighted by molar-refractivity contribution is 6.05. The van der Waals surface area contributed by atoms with Crippen LogP contribution < -0.4 is 25.7 Å². The summed E-state index contributed by atoms with van der Waals surface area (Å²) in [5.41, 5.74) is 1.87. The number of anilines is 2. The molecule has 184 valence electrons. The van der Waals surface area contributed by atoms with Gasteiger partial charge in [0.05, 0.1) is 18.5 Å². The molecule has 0 fully saturated rings. The molecule has 9 heteroatoms. The summed E-state index contributed by atoms with van der Waals surface area (Å²) in [6.45, 7) is 1.56. The minimum absolute atomic E-state index is 0.189. The van der Waals surface area contributed by atoms with Crippen LogP contribution in [0.15, 0.2) is 83.7 Å². The van der Waals surface area contributed by atoms with Gasteiger partial charge in [-0.1, -0.05) is 24.3 Å². The first kappa shape index (κ1) is 24.3. The molecule has 0 saturated heterocycles. The van der Waals surface area contributed by atoms with E-state index in [1.165, 1.54) is 10.7 Å². The Morgan fingerprint density at radius 3 is 2.28 bits per heavy atom. The number of carbonyl (C=O) groups is 2. The molecule has 0 saturated carbocycles. The number of methoxy groups -OCH3 is 1. The van der Waals surface area contributed by atoms with Gasteiger partial charge in [0.15, 0.2) is 6.61 Å². The number of para-hydroxylation sites is 1. The minimum Gasteiger partial charge on any atom is -0.497 e. The smallest absolute Gasteiger partial charge is 0.295 e. The zero-order chi connectivity index (χ0) is 25.7. The van der Waals surface area contributed by atoms with E-state index in [1.54, 1.807) is 68.2 Å². The number of nitrogens with one attached hydrogen (secondary N) is 2. The number of ether oxygens (including phenoxy) is 2. The molecule has 2 N–H and O–H groups in total. The van der Waals surface area contributed by atoms with Crippen LogP contribution in [-0.2, 0) is 11.8 Å². The van der Waals surface area contributed by atoms with Gasteiger partial charge in [-0.25, -0.2) is 4.68 Å². The van der Waals surface area contributed by atoms with Gasteiger partial charge in [0.1, 0.15) is 17.2 Å². The van der Waals surface area contributed by atoms with Crippen LogP contribution in [0.25, 0.3) is 5.69 Å². The molecule has 0 aliphatic rings. The van der Waals surface area contributed by atoms with Crippen LogP contribution >= 0.6 is 0 Å². The number of nitrogens with zero attached hydrogens (tertiary/aromatic N) is 2. The first-order chi connectivity index (χ1) is 17.4. The van der Waals surface area contributed by atoms with Crippen LogP contribution in [-0.4, -0.2) is 34.9 Å². The van der Waals surface area contributed by atoms with Gasteiger partial charge < -0.3 is 20.1 Å². The van der Waals surface area contributed by atoms with E-state index in [2.05, 4.69) is 10.6 Å². The molecule has 0 aliphatic heterocycles. The van der Waals surface area contributed by atoms with Crippen molar-refractivity contribution in [2.45, 2.75) is 6.92 Å². The summed E-state index contributed by atoms with van der Waals surface area (Å²) in [6, 6.07) is 22.5. The maximum absolute atomic E-state index is 13.1. The molecule has 0 atom stereocenters. The topological polar surface area (TPSA) is 104 Å². The van der Waals surface area contributed by atoms with Gasteiger partial charge in [0.2, 0.25) is 0 Å².